The van der Waals surface area contributed by atoms with Gasteiger partial charge in [0, 0.05) is 19.0 Å². The van der Waals surface area contributed by atoms with Crippen molar-refractivity contribution >= 4 is 11.0 Å². The van der Waals surface area contributed by atoms with Crippen LogP contribution in [0.5, 0.6) is 0 Å². The van der Waals surface area contributed by atoms with Gasteiger partial charge in [0.2, 0.25) is 0 Å². The molecule has 0 saturated carbocycles. The van der Waals surface area contributed by atoms with E-state index in [1.165, 1.54) is 11.3 Å². The fourth-order valence-corrected chi connectivity index (χ4v) is 2.76. The van der Waals surface area contributed by atoms with Gasteiger partial charge in [0.05, 0.1) is 11.0 Å². The van der Waals surface area contributed by atoms with Crippen molar-refractivity contribution in [3.63, 3.8) is 0 Å². The number of hydrogen-bond donors (Lipinski definition) is 1. The van der Waals surface area contributed by atoms with Crippen molar-refractivity contribution in [2.75, 3.05) is 6.54 Å². The van der Waals surface area contributed by atoms with Gasteiger partial charge in [-0.2, -0.15) is 0 Å². The van der Waals surface area contributed by atoms with Gasteiger partial charge in [-0.05, 0) is 37.9 Å². The first-order valence-corrected chi connectivity index (χ1v) is 8.08. The Morgan fingerprint density at radius 1 is 1.29 bits per heavy atom. The summed E-state index contributed by atoms with van der Waals surface area (Å²) in [5.41, 5.74) is 2.36. The maximum atomic E-state index is 4.85. The molecule has 1 atom stereocenters. The topological polar surface area (TPSA) is 29.9 Å². The zero-order valence-electron chi connectivity index (χ0n) is 13.3. The zero-order chi connectivity index (χ0) is 15.1. The van der Waals surface area contributed by atoms with Crippen LogP contribution in [0.4, 0.5) is 0 Å². The second-order valence-electron chi connectivity index (χ2n) is 5.55. The minimum Gasteiger partial charge on any atom is -0.328 e. The van der Waals surface area contributed by atoms with Gasteiger partial charge in [-0.1, -0.05) is 32.1 Å². The van der Waals surface area contributed by atoms with Crippen LogP contribution in [0.2, 0.25) is 0 Å². The highest BCUT2D eigenvalue weighted by molar-refractivity contribution is 5.75. The Morgan fingerprint density at radius 2 is 2.10 bits per heavy atom. The van der Waals surface area contributed by atoms with Gasteiger partial charge in [0.25, 0.3) is 0 Å². The monoisotopic (exact) mass is 285 g/mol. The number of benzene rings is 1. The quantitative estimate of drug-likeness (QED) is 0.707. The highest BCUT2D eigenvalue weighted by Crippen LogP contribution is 2.18. The van der Waals surface area contributed by atoms with E-state index in [1.54, 1.807) is 0 Å². The Hall–Kier alpha value is -1.61. The molecule has 1 heterocycles. The summed E-state index contributed by atoms with van der Waals surface area (Å²) >= 11 is 0. The molecule has 0 fully saturated rings. The van der Waals surface area contributed by atoms with E-state index in [9.17, 15) is 0 Å². The average Bonchev–Trinajstić information content (AvgIpc) is 2.83. The van der Waals surface area contributed by atoms with Crippen molar-refractivity contribution in [2.45, 2.75) is 52.1 Å². The summed E-state index contributed by atoms with van der Waals surface area (Å²) in [5, 5.41) is 3.61. The van der Waals surface area contributed by atoms with E-state index >= 15 is 0 Å². The van der Waals surface area contributed by atoms with Crippen LogP contribution in [0.25, 0.3) is 11.0 Å². The van der Waals surface area contributed by atoms with Gasteiger partial charge < -0.3 is 9.88 Å². The van der Waals surface area contributed by atoms with Crippen LogP contribution in [0.3, 0.4) is 0 Å². The molecule has 1 unspecified atom stereocenters. The number of nitrogens with one attached hydrogen (secondary N) is 1. The number of imidazole rings is 1. The predicted octanol–water partition coefficient (Wildman–Crippen LogP) is 3.93. The maximum absolute atomic E-state index is 4.85. The highest BCUT2D eigenvalue weighted by Gasteiger charge is 2.14. The average molecular weight is 285 g/mol. The molecule has 0 bridgehead atoms. The molecule has 1 aromatic heterocycles. The fourth-order valence-electron chi connectivity index (χ4n) is 2.76. The van der Waals surface area contributed by atoms with Gasteiger partial charge in [0.15, 0.2) is 0 Å². The van der Waals surface area contributed by atoms with Crippen molar-refractivity contribution in [1.29, 1.82) is 0 Å². The minimum atomic E-state index is 0.426. The molecule has 3 nitrogen and oxygen atoms in total. The van der Waals surface area contributed by atoms with Crippen LogP contribution in [0.1, 0.15) is 38.9 Å². The Kier molecular flexibility index (Phi) is 6.00. The molecule has 0 spiro atoms. The number of hydrogen-bond acceptors (Lipinski definition) is 2. The molecule has 2 rings (SSSR count). The van der Waals surface area contributed by atoms with Crippen LogP contribution < -0.4 is 5.32 Å². The first kappa shape index (κ1) is 15.8. The molecule has 114 valence electrons. The third kappa shape index (κ3) is 3.94. The number of fused-ring (bicyclic) bond motifs is 1. The van der Waals surface area contributed by atoms with Crippen molar-refractivity contribution in [2.24, 2.45) is 0 Å². The SMILES string of the molecule is C=CCC(Cc1nc2ccccc2n1CCC)NCCC. The van der Waals surface area contributed by atoms with Gasteiger partial charge in [-0.15, -0.1) is 6.58 Å². The molecule has 0 saturated heterocycles. The second kappa shape index (κ2) is 7.99. The second-order valence-corrected chi connectivity index (χ2v) is 5.55. The fraction of sp³-hybridized carbons (Fsp3) is 0.500. The van der Waals surface area contributed by atoms with Gasteiger partial charge in [-0.3, -0.25) is 0 Å². The van der Waals surface area contributed by atoms with E-state index < -0.39 is 0 Å². The maximum Gasteiger partial charge on any atom is 0.111 e. The van der Waals surface area contributed by atoms with E-state index in [1.807, 2.05) is 6.08 Å². The Morgan fingerprint density at radius 3 is 2.81 bits per heavy atom. The molecule has 0 aliphatic rings. The number of nitrogens with zero attached hydrogens (tertiary/aromatic N) is 2. The summed E-state index contributed by atoms with van der Waals surface area (Å²) in [4.78, 5) is 4.85. The first-order chi connectivity index (χ1) is 10.3. The molecule has 21 heavy (non-hydrogen) atoms. The standard InChI is InChI=1S/C18H27N3/c1-4-9-15(19-12-5-2)14-18-20-16-10-7-8-11-17(16)21(18)13-6-3/h4,7-8,10-11,15,19H,1,5-6,9,12-14H2,2-3H3. The van der Waals surface area contributed by atoms with Crippen LogP contribution in [-0.4, -0.2) is 22.1 Å². The summed E-state index contributed by atoms with van der Waals surface area (Å²) in [6, 6.07) is 8.86. The Labute approximate surface area is 128 Å². The Balaban J connectivity index is 2.26. The molecule has 0 aliphatic heterocycles. The van der Waals surface area contributed by atoms with Gasteiger partial charge >= 0.3 is 0 Å². The van der Waals surface area contributed by atoms with Crippen molar-refractivity contribution < 1.29 is 0 Å². The summed E-state index contributed by atoms with van der Waals surface area (Å²) in [6.45, 7) is 10.4. The first-order valence-electron chi connectivity index (χ1n) is 8.08. The summed E-state index contributed by atoms with van der Waals surface area (Å²) in [7, 11) is 0. The molecule has 0 amide bonds. The zero-order valence-corrected chi connectivity index (χ0v) is 13.3. The lowest BCUT2D eigenvalue weighted by Crippen LogP contribution is -2.32. The molecule has 0 radical (unpaired) electrons. The van der Waals surface area contributed by atoms with Crippen LogP contribution >= 0.6 is 0 Å². The molecule has 0 aliphatic carbocycles. The van der Waals surface area contributed by atoms with Crippen molar-refractivity contribution in [3.05, 3.63) is 42.7 Å². The number of para-hydroxylation sites is 2. The molecule has 2 aromatic rings. The molecule has 1 N–H and O–H groups in total. The lowest BCUT2D eigenvalue weighted by atomic mass is 10.1. The predicted molar refractivity (Wildman–Crippen MR) is 90.6 cm³/mol. The lowest BCUT2D eigenvalue weighted by Gasteiger charge is -2.17. The van der Waals surface area contributed by atoms with E-state index in [-0.39, 0.29) is 0 Å². The number of rotatable bonds is 9. The molecular formula is C18H27N3. The van der Waals surface area contributed by atoms with E-state index in [4.69, 9.17) is 4.98 Å². The van der Waals surface area contributed by atoms with Crippen LogP contribution in [0.15, 0.2) is 36.9 Å². The van der Waals surface area contributed by atoms with Gasteiger partial charge in [0.1, 0.15) is 5.82 Å². The molecule has 3 heteroatoms. The Bertz CT molecular complexity index is 571. The van der Waals surface area contributed by atoms with E-state index in [0.717, 1.165) is 44.3 Å². The third-order valence-corrected chi connectivity index (χ3v) is 3.74. The summed E-state index contributed by atoms with van der Waals surface area (Å²) in [6.07, 6.45) is 6.22. The smallest absolute Gasteiger partial charge is 0.111 e. The lowest BCUT2D eigenvalue weighted by molar-refractivity contribution is 0.490. The van der Waals surface area contributed by atoms with Crippen LogP contribution in [-0.2, 0) is 13.0 Å². The third-order valence-electron chi connectivity index (χ3n) is 3.74. The minimum absolute atomic E-state index is 0.426. The number of aromatic nitrogens is 2. The normalized spacial score (nSPS) is 12.7. The van der Waals surface area contributed by atoms with E-state index in [0.29, 0.717) is 6.04 Å². The van der Waals surface area contributed by atoms with Gasteiger partial charge in [-0.25, -0.2) is 4.98 Å². The number of aryl methyl sites for hydroxylation is 1. The largest absolute Gasteiger partial charge is 0.328 e. The molecular weight excluding hydrogens is 258 g/mol. The summed E-state index contributed by atoms with van der Waals surface area (Å²) < 4.78 is 2.37. The van der Waals surface area contributed by atoms with Crippen molar-refractivity contribution in [1.82, 2.24) is 14.9 Å². The van der Waals surface area contributed by atoms with E-state index in [2.05, 4.69) is 54.6 Å². The van der Waals surface area contributed by atoms with Crippen LogP contribution in [0, 0.1) is 0 Å². The highest BCUT2D eigenvalue weighted by atomic mass is 15.1. The summed E-state index contributed by atoms with van der Waals surface area (Å²) in [5.74, 6) is 1.19. The van der Waals surface area contributed by atoms with Crippen molar-refractivity contribution in [3.8, 4) is 0 Å². The molecule has 1 aromatic carbocycles.